The van der Waals surface area contributed by atoms with E-state index < -0.39 is 0 Å². The summed E-state index contributed by atoms with van der Waals surface area (Å²) in [5, 5.41) is 11.6. The molecule has 0 radical (unpaired) electrons. The third kappa shape index (κ3) is 3.12. The minimum atomic E-state index is -0.00856. The fourth-order valence-electron chi connectivity index (χ4n) is 3.56. The summed E-state index contributed by atoms with van der Waals surface area (Å²) in [6.45, 7) is 4.00. The number of fused-ring (bicyclic) bond motifs is 1. The first-order valence-electron chi connectivity index (χ1n) is 8.97. The van der Waals surface area contributed by atoms with Crippen LogP contribution in [0.25, 0.3) is 5.69 Å². The molecule has 0 saturated carbocycles. The van der Waals surface area contributed by atoms with E-state index in [4.69, 9.17) is 0 Å². The predicted molar refractivity (Wildman–Crippen MR) is 100 cm³/mol. The van der Waals surface area contributed by atoms with Gasteiger partial charge >= 0.3 is 0 Å². The minimum absolute atomic E-state index is 0.00856. The number of hydrogen-bond acceptors (Lipinski definition) is 3. The molecule has 0 bridgehead atoms. The standard InChI is InChI=1S/C21H22N4O/c1-14-7-10-17(11-8-14)25-15(2)20(23-24-25)13-21(26)22-19-12-9-16-5-3-4-6-18(16)19/h3-8,10-11,19H,9,12-13H2,1-2H3,(H,22,26). The molecular weight excluding hydrogens is 324 g/mol. The smallest absolute Gasteiger partial charge is 0.226 e. The molecule has 0 fully saturated rings. The van der Waals surface area contributed by atoms with Gasteiger partial charge in [0.1, 0.15) is 0 Å². The summed E-state index contributed by atoms with van der Waals surface area (Å²) in [5.74, 6) is -0.00856. The number of amides is 1. The molecule has 3 aromatic rings. The molecule has 0 aliphatic heterocycles. The maximum atomic E-state index is 12.5. The number of carbonyl (C=O) groups excluding carboxylic acids is 1. The summed E-state index contributed by atoms with van der Waals surface area (Å²) in [7, 11) is 0. The van der Waals surface area contributed by atoms with Crippen LogP contribution >= 0.6 is 0 Å². The van der Waals surface area contributed by atoms with E-state index in [0.29, 0.717) is 5.69 Å². The monoisotopic (exact) mass is 346 g/mol. The van der Waals surface area contributed by atoms with Crippen LogP contribution in [-0.4, -0.2) is 20.9 Å². The number of nitrogens with one attached hydrogen (secondary N) is 1. The molecule has 1 heterocycles. The quantitative estimate of drug-likeness (QED) is 0.789. The van der Waals surface area contributed by atoms with Crippen LogP contribution in [0.5, 0.6) is 0 Å². The molecule has 1 atom stereocenters. The van der Waals surface area contributed by atoms with Gasteiger partial charge < -0.3 is 5.32 Å². The van der Waals surface area contributed by atoms with Crippen molar-refractivity contribution >= 4 is 5.91 Å². The van der Waals surface area contributed by atoms with E-state index in [9.17, 15) is 4.79 Å². The lowest BCUT2D eigenvalue weighted by atomic mass is 10.1. The molecule has 5 nitrogen and oxygen atoms in total. The van der Waals surface area contributed by atoms with E-state index in [2.05, 4.69) is 40.8 Å². The summed E-state index contributed by atoms with van der Waals surface area (Å²) >= 11 is 0. The molecule has 1 amide bonds. The number of rotatable bonds is 4. The highest BCUT2D eigenvalue weighted by Crippen LogP contribution is 2.30. The first-order valence-corrected chi connectivity index (χ1v) is 8.97. The second kappa shape index (κ2) is 6.75. The van der Waals surface area contributed by atoms with Crippen LogP contribution in [-0.2, 0) is 17.6 Å². The molecule has 1 aromatic heterocycles. The summed E-state index contributed by atoms with van der Waals surface area (Å²) in [5.41, 5.74) is 6.34. The van der Waals surface area contributed by atoms with Crippen molar-refractivity contribution in [3.63, 3.8) is 0 Å². The Hall–Kier alpha value is -2.95. The average Bonchev–Trinajstić information content (AvgIpc) is 3.21. The van der Waals surface area contributed by atoms with E-state index >= 15 is 0 Å². The molecule has 0 spiro atoms. The number of aromatic nitrogens is 3. The molecule has 5 heteroatoms. The maximum absolute atomic E-state index is 12.5. The van der Waals surface area contributed by atoms with Crippen LogP contribution in [0.15, 0.2) is 48.5 Å². The van der Waals surface area contributed by atoms with Gasteiger partial charge in [0.05, 0.1) is 29.5 Å². The topological polar surface area (TPSA) is 59.8 Å². The molecule has 1 unspecified atom stereocenters. The average molecular weight is 346 g/mol. The van der Waals surface area contributed by atoms with Gasteiger partial charge in [-0.1, -0.05) is 47.2 Å². The molecule has 26 heavy (non-hydrogen) atoms. The van der Waals surface area contributed by atoms with Crippen LogP contribution in [0.2, 0.25) is 0 Å². The highest BCUT2D eigenvalue weighted by molar-refractivity contribution is 5.79. The first kappa shape index (κ1) is 16.5. The first-order chi connectivity index (χ1) is 12.6. The Morgan fingerprint density at radius 3 is 2.73 bits per heavy atom. The zero-order valence-corrected chi connectivity index (χ0v) is 15.1. The molecule has 0 saturated heterocycles. The normalized spacial score (nSPS) is 15.7. The van der Waals surface area contributed by atoms with Gasteiger partial charge in [-0.2, -0.15) is 0 Å². The van der Waals surface area contributed by atoms with Crippen LogP contribution in [0, 0.1) is 13.8 Å². The van der Waals surface area contributed by atoms with Crippen LogP contribution in [0.4, 0.5) is 0 Å². The largest absolute Gasteiger partial charge is 0.349 e. The number of aryl methyl sites for hydroxylation is 2. The van der Waals surface area contributed by atoms with E-state index in [1.54, 1.807) is 4.68 Å². The van der Waals surface area contributed by atoms with E-state index in [1.165, 1.54) is 16.7 Å². The minimum Gasteiger partial charge on any atom is -0.349 e. The van der Waals surface area contributed by atoms with Gasteiger partial charge in [0.15, 0.2) is 0 Å². The van der Waals surface area contributed by atoms with Crippen molar-refractivity contribution in [3.05, 3.63) is 76.6 Å². The Kier molecular flexibility index (Phi) is 4.29. The molecule has 4 rings (SSSR count). The molecule has 1 N–H and O–H groups in total. The van der Waals surface area contributed by atoms with E-state index in [-0.39, 0.29) is 18.4 Å². The van der Waals surface area contributed by atoms with Crippen molar-refractivity contribution in [2.75, 3.05) is 0 Å². The second-order valence-corrected chi connectivity index (χ2v) is 6.90. The fraction of sp³-hybridized carbons (Fsp3) is 0.286. The second-order valence-electron chi connectivity index (χ2n) is 6.90. The van der Waals surface area contributed by atoms with Gasteiger partial charge in [-0.15, -0.1) is 5.10 Å². The Balaban J connectivity index is 1.46. The fourth-order valence-corrected chi connectivity index (χ4v) is 3.56. The van der Waals surface area contributed by atoms with Gasteiger partial charge in [-0.3, -0.25) is 4.79 Å². The van der Waals surface area contributed by atoms with Crippen LogP contribution in [0.3, 0.4) is 0 Å². The van der Waals surface area contributed by atoms with Gasteiger partial charge in [-0.25, -0.2) is 4.68 Å². The van der Waals surface area contributed by atoms with Crippen molar-refractivity contribution in [2.24, 2.45) is 0 Å². The number of carbonyl (C=O) groups is 1. The third-order valence-corrected chi connectivity index (χ3v) is 5.06. The van der Waals surface area contributed by atoms with Crippen molar-refractivity contribution in [2.45, 2.75) is 39.2 Å². The third-order valence-electron chi connectivity index (χ3n) is 5.06. The zero-order chi connectivity index (χ0) is 18.1. The highest BCUT2D eigenvalue weighted by atomic mass is 16.1. The maximum Gasteiger partial charge on any atom is 0.226 e. The van der Waals surface area contributed by atoms with Gasteiger partial charge in [-0.05, 0) is 49.9 Å². The number of hydrogen-bond donors (Lipinski definition) is 1. The lowest BCUT2D eigenvalue weighted by Gasteiger charge is -2.13. The molecule has 2 aromatic carbocycles. The lowest BCUT2D eigenvalue weighted by Crippen LogP contribution is -2.28. The highest BCUT2D eigenvalue weighted by Gasteiger charge is 2.24. The van der Waals surface area contributed by atoms with Crippen molar-refractivity contribution in [3.8, 4) is 5.69 Å². The Labute approximate surface area is 153 Å². The summed E-state index contributed by atoms with van der Waals surface area (Å²) in [6, 6.07) is 16.5. The van der Waals surface area contributed by atoms with Crippen molar-refractivity contribution in [1.82, 2.24) is 20.3 Å². The van der Waals surface area contributed by atoms with Gasteiger partial charge in [0, 0.05) is 0 Å². The lowest BCUT2D eigenvalue weighted by molar-refractivity contribution is -0.121. The van der Waals surface area contributed by atoms with Crippen molar-refractivity contribution in [1.29, 1.82) is 0 Å². The zero-order valence-electron chi connectivity index (χ0n) is 15.1. The van der Waals surface area contributed by atoms with E-state index in [1.807, 2.05) is 37.3 Å². The SMILES string of the molecule is Cc1ccc(-n2nnc(CC(=O)NC3CCc4ccccc43)c2C)cc1. The van der Waals surface area contributed by atoms with Crippen molar-refractivity contribution < 1.29 is 4.79 Å². The molecule has 1 aliphatic carbocycles. The number of nitrogens with zero attached hydrogens (tertiary/aromatic N) is 3. The summed E-state index contributed by atoms with van der Waals surface area (Å²) in [4.78, 5) is 12.5. The van der Waals surface area contributed by atoms with Gasteiger partial charge in [0.2, 0.25) is 5.91 Å². The molecule has 132 valence electrons. The Morgan fingerprint density at radius 1 is 1.15 bits per heavy atom. The van der Waals surface area contributed by atoms with Crippen LogP contribution < -0.4 is 5.32 Å². The van der Waals surface area contributed by atoms with E-state index in [0.717, 1.165) is 24.2 Å². The van der Waals surface area contributed by atoms with Gasteiger partial charge in [0.25, 0.3) is 0 Å². The Bertz CT molecular complexity index is 943. The summed E-state index contributed by atoms with van der Waals surface area (Å²) in [6.07, 6.45) is 2.22. The predicted octanol–water partition coefficient (Wildman–Crippen LogP) is 3.23. The number of benzene rings is 2. The Morgan fingerprint density at radius 2 is 1.92 bits per heavy atom. The molecule has 1 aliphatic rings. The summed E-state index contributed by atoms with van der Waals surface area (Å²) < 4.78 is 1.78. The van der Waals surface area contributed by atoms with Crippen LogP contribution in [0.1, 0.15) is 40.5 Å². The molecular formula is C21H22N4O.